The molecule has 0 fully saturated rings. The molecule has 3 rings (SSSR count). The Morgan fingerprint density at radius 2 is 1.83 bits per heavy atom. The van der Waals surface area contributed by atoms with Crippen molar-refractivity contribution >= 4 is 23.4 Å². The van der Waals surface area contributed by atoms with E-state index in [0.29, 0.717) is 6.61 Å². The van der Waals surface area contributed by atoms with Gasteiger partial charge in [-0.25, -0.2) is 4.39 Å². The second-order valence-electron chi connectivity index (χ2n) is 5.78. The first-order valence-corrected chi connectivity index (χ1v) is 7.93. The summed E-state index contributed by atoms with van der Waals surface area (Å²) >= 11 is 0. The summed E-state index contributed by atoms with van der Waals surface area (Å²) in [5.74, 6) is 0.590. The van der Waals surface area contributed by atoms with Gasteiger partial charge in [0.15, 0.2) is 0 Å². The molecule has 0 bridgehead atoms. The van der Waals surface area contributed by atoms with E-state index in [1.54, 1.807) is 18.3 Å². The second-order valence-corrected chi connectivity index (χ2v) is 5.78. The molecule has 0 saturated heterocycles. The molecule has 24 heavy (non-hydrogen) atoms. The van der Waals surface area contributed by atoms with Crippen molar-refractivity contribution in [3.05, 3.63) is 59.2 Å². The molecule has 2 heterocycles. The van der Waals surface area contributed by atoms with Crippen molar-refractivity contribution in [2.24, 2.45) is 0 Å². The molecule has 0 aliphatic heterocycles. The van der Waals surface area contributed by atoms with Crippen molar-refractivity contribution in [2.45, 2.75) is 40.3 Å². The molecule has 0 spiro atoms. The Morgan fingerprint density at radius 1 is 1.12 bits per heavy atom. The van der Waals surface area contributed by atoms with E-state index < -0.39 is 0 Å². The largest absolute Gasteiger partial charge is 0.487 e. The zero-order valence-corrected chi connectivity index (χ0v) is 15.0. The molecule has 3 nitrogen and oxygen atoms in total. The molecule has 0 aliphatic carbocycles. The topological polar surface area (TPSA) is 27.1 Å². The van der Waals surface area contributed by atoms with Crippen LogP contribution in [0.25, 0.3) is 11.0 Å². The first-order chi connectivity index (χ1) is 11.1. The molecule has 0 atom stereocenters. The minimum Gasteiger partial charge on any atom is -0.487 e. The van der Waals surface area contributed by atoms with E-state index in [1.807, 2.05) is 6.07 Å². The van der Waals surface area contributed by atoms with Crippen molar-refractivity contribution in [3.63, 3.8) is 0 Å². The van der Waals surface area contributed by atoms with Crippen LogP contribution in [0.4, 0.5) is 4.39 Å². The molecule has 0 saturated carbocycles. The predicted octanol–water partition coefficient (Wildman–Crippen LogP) is 5.20. The van der Waals surface area contributed by atoms with Gasteiger partial charge in [0, 0.05) is 24.5 Å². The summed E-state index contributed by atoms with van der Waals surface area (Å²) < 4.78 is 21.3. The van der Waals surface area contributed by atoms with E-state index in [2.05, 4.69) is 30.3 Å². The van der Waals surface area contributed by atoms with Gasteiger partial charge in [-0.1, -0.05) is 19.1 Å². The van der Waals surface area contributed by atoms with Gasteiger partial charge >= 0.3 is 0 Å². The van der Waals surface area contributed by atoms with E-state index in [4.69, 9.17) is 4.74 Å². The summed E-state index contributed by atoms with van der Waals surface area (Å²) in [6.07, 6.45) is 2.83. The average molecular weight is 349 g/mol. The van der Waals surface area contributed by atoms with Gasteiger partial charge in [0.25, 0.3) is 0 Å². The summed E-state index contributed by atoms with van der Waals surface area (Å²) in [5.41, 5.74) is 5.41. The van der Waals surface area contributed by atoms with Gasteiger partial charge in [-0.15, -0.1) is 12.4 Å². The molecule has 0 N–H and O–H groups in total. The molecule has 0 aliphatic rings. The summed E-state index contributed by atoms with van der Waals surface area (Å²) in [6.45, 7) is 7.73. The van der Waals surface area contributed by atoms with Gasteiger partial charge in [0.2, 0.25) is 0 Å². The van der Waals surface area contributed by atoms with Gasteiger partial charge < -0.3 is 9.30 Å². The number of aryl methyl sites for hydroxylation is 2. The molecule has 0 radical (unpaired) electrons. The first-order valence-electron chi connectivity index (χ1n) is 7.93. The van der Waals surface area contributed by atoms with E-state index in [1.165, 1.54) is 23.4 Å². The van der Waals surface area contributed by atoms with Gasteiger partial charge in [0.1, 0.15) is 23.7 Å². The van der Waals surface area contributed by atoms with E-state index in [0.717, 1.165) is 35.3 Å². The van der Waals surface area contributed by atoms with Crippen molar-refractivity contribution in [1.29, 1.82) is 0 Å². The van der Waals surface area contributed by atoms with Crippen LogP contribution in [0.2, 0.25) is 0 Å². The van der Waals surface area contributed by atoms with Crippen LogP contribution < -0.4 is 4.74 Å². The Balaban J connectivity index is 0.00000208. The van der Waals surface area contributed by atoms with Crippen molar-refractivity contribution in [2.75, 3.05) is 0 Å². The Kier molecular flexibility index (Phi) is 5.84. The number of halogens is 2. The zero-order valence-electron chi connectivity index (χ0n) is 14.2. The highest BCUT2D eigenvalue weighted by atomic mass is 35.5. The van der Waals surface area contributed by atoms with Gasteiger partial charge in [-0.2, -0.15) is 0 Å². The molecule has 3 aromatic rings. The minimum absolute atomic E-state index is 0. The fraction of sp³-hybridized carbons (Fsp3) is 0.316. The number of hydrogen-bond donors (Lipinski definition) is 0. The maximum Gasteiger partial charge on any atom is 0.147 e. The number of rotatable bonds is 5. The highest BCUT2D eigenvalue weighted by Gasteiger charge is 2.15. The van der Waals surface area contributed by atoms with Crippen molar-refractivity contribution in [1.82, 2.24) is 9.55 Å². The van der Waals surface area contributed by atoms with E-state index in [-0.39, 0.29) is 18.2 Å². The van der Waals surface area contributed by atoms with Crippen LogP contribution in [0, 0.1) is 19.7 Å². The Hall–Kier alpha value is -2.07. The molecular formula is C19H22ClFN2O. The quantitative estimate of drug-likeness (QED) is 0.633. The van der Waals surface area contributed by atoms with Crippen LogP contribution in [-0.4, -0.2) is 9.55 Å². The predicted molar refractivity (Wildman–Crippen MR) is 97.5 cm³/mol. The zero-order chi connectivity index (χ0) is 16.4. The van der Waals surface area contributed by atoms with Gasteiger partial charge in [-0.3, -0.25) is 4.98 Å². The molecule has 1 aromatic carbocycles. The van der Waals surface area contributed by atoms with Crippen molar-refractivity contribution in [3.8, 4) is 5.75 Å². The summed E-state index contributed by atoms with van der Waals surface area (Å²) in [4.78, 5) is 4.52. The van der Waals surface area contributed by atoms with Crippen LogP contribution in [0.1, 0.15) is 30.2 Å². The Bertz CT molecular complexity index is 827. The van der Waals surface area contributed by atoms with Crippen LogP contribution in [0.15, 0.2) is 36.5 Å². The Labute approximate surface area is 147 Å². The number of fused-ring (bicyclic) bond motifs is 1. The molecule has 128 valence electrons. The minimum atomic E-state index is -0.233. The number of aromatic nitrogens is 2. The molecule has 5 heteroatoms. The molecule has 0 unspecified atom stereocenters. The lowest BCUT2D eigenvalue weighted by Crippen LogP contribution is -2.02. The number of hydrogen-bond acceptors (Lipinski definition) is 2. The van der Waals surface area contributed by atoms with E-state index >= 15 is 0 Å². The fourth-order valence-corrected chi connectivity index (χ4v) is 2.87. The Morgan fingerprint density at radius 3 is 2.50 bits per heavy atom. The van der Waals surface area contributed by atoms with Gasteiger partial charge in [0.05, 0.1) is 5.52 Å². The standard InChI is InChI=1S/C19H21FN2O.ClH/c1-4-11-22-14(3)13(2)18-19(22)17(9-10-21-18)23-12-15-5-7-16(20)8-6-15;/h5-10H,4,11-12H2,1-3H3;1H. The average Bonchev–Trinajstić information content (AvgIpc) is 2.80. The first kappa shape index (κ1) is 18.3. The third-order valence-electron chi connectivity index (χ3n) is 4.21. The van der Waals surface area contributed by atoms with Crippen LogP contribution in [-0.2, 0) is 13.2 Å². The number of nitrogens with zero attached hydrogens (tertiary/aromatic N) is 2. The summed E-state index contributed by atoms with van der Waals surface area (Å²) in [7, 11) is 0. The monoisotopic (exact) mass is 348 g/mol. The lowest BCUT2D eigenvalue weighted by atomic mass is 10.2. The van der Waals surface area contributed by atoms with Crippen LogP contribution >= 0.6 is 12.4 Å². The smallest absolute Gasteiger partial charge is 0.147 e. The van der Waals surface area contributed by atoms with E-state index in [9.17, 15) is 4.39 Å². The van der Waals surface area contributed by atoms with Crippen molar-refractivity contribution < 1.29 is 9.13 Å². The number of benzene rings is 1. The lowest BCUT2D eigenvalue weighted by molar-refractivity contribution is 0.308. The summed E-state index contributed by atoms with van der Waals surface area (Å²) in [6, 6.07) is 8.30. The third-order valence-corrected chi connectivity index (χ3v) is 4.21. The lowest BCUT2D eigenvalue weighted by Gasteiger charge is -2.11. The maximum absolute atomic E-state index is 13.0. The van der Waals surface area contributed by atoms with Crippen LogP contribution in [0.5, 0.6) is 5.75 Å². The molecule has 0 amide bonds. The highest BCUT2D eigenvalue weighted by molar-refractivity contribution is 5.86. The molecule has 2 aromatic heterocycles. The number of pyridine rings is 1. The molecular weight excluding hydrogens is 327 g/mol. The third kappa shape index (κ3) is 3.39. The van der Waals surface area contributed by atoms with Crippen LogP contribution in [0.3, 0.4) is 0 Å². The van der Waals surface area contributed by atoms with Gasteiger partial charge in [-0.05, 0) is 43.5 Å². The SMILES string of the molecule is CCCn1c(C)c(C)c2nccc(OCc3ccc(F)cc3)c21.Cl. The fourth-order valence-electron chi connectivity index (χ4n) is 2.87. The summed E-state index contributed by atoms with van der Waals surface area (Å²) in [5, 5.41) is 0. The number of ether oxygens (including phenoxy) is 1. The maximum atomic E-state index is 13.0. The highest BCUT2D eigenvalue weighted by Crippen LogP contribution is 2.31. The second kappa shape index (κ2) is 7.67. The normalized spacial score (nSPS) is 10.7.